The normalized spacial score (nSPS) is 15.9. The first-order chi connectivity index (χ1) is 9.74. The Hall–Kier alpha value is -1.00. The highest BCUT2D eigenvalue weighted by molar-refractivity contribution is 7.98. The van der Waals surface area contributed by atoms with E-state index in [-0.39, 0.29) is 18.6 Å². The lowest BCUT2D eigenvalue weighted by atomic mass is 10.1. The van der Waals surface area contributed by atoms with E-state index in [0.29, 0.717) is 17.9 Å². The molecule has 1 aliphatic rings. The van der Waals surface area contributed by atoms with Crippen molar-refractivity contribution in [1.82, 2.24) is 5.32 Å². The van der Waals surface area contributed by atoms with E-state index in [2.05, 4.69) is 12.2 Å². The Morgan fingerprint density at radius 1 is 1.40 bits per heavy atom. The molecule has 1 amide bonds. The molecule has 1 atom stereocenters. The van der Waals surface area contributed by atoms with Gasteiger partial charge in [0.05, 0.1) is 0 Å². The number of hydrogen-bond donors (Lipinski definition) is 2. The zero-order valence-corrected chi connectivity index (χ0v) is 12.8. The molecule has 1 fully saturated rings. The van der Waals surface area contributed by atoms with Gasteiger partial charge in [-0.2, -0.15) is 11.8 Å². The zero-order chi connectivity index (χ0) is 14.4. The van der Waals surface area contributed by atoms with Crippen LogP contribution in [-0.4, -0.2) is 29.4 Å². The molecule has 20 heavy (non-hydrogen) atoms. The van der Waals surface area contributed by atoms with Gasteiger partial charge in [-0.15, -0.1) is 0 Å². The minimum atomic E-state index is -0.0231. The fourth-order valence-corrected chi connectivity index (χ4v) is 2.92. The summed E-state index contributed by atoms with van der Waals surface area (Å²) >= 11 is 1.88. The summed E-state index contributed by atoms with van der Waals surface area (Å²) in [5.74, 6) is 2.64. The monoisotopic (exact) mass is 293 g/mol. The van der Waals surface area contributed by atoms with E-state index in [0.717, 1.165) is 24.3 Å². The van der Waals surface area contributed by atoms with Gasteiger partial charge < -0.3 is 10.4 Å². The third kappa shape index (κ3) is 4.53. The van der Waals surface area contributed by atoms with Crippen molar-refractivity contribution in [1.29, 1.82) is 0 Å². The SMILES string of the molecule is CCSCc1ccc(C(=O)NC(CCO)C2CC2)cc1. The molecule has 1 saturated carbocycles. The van der Waals surface area contributed by atoms with Gasteiger partial charge >= 0.3 is 0 Å². The molecule has 0 aliphatic heterocycles. The summed E-state index contributed by atoms with van der Waals surface area (Å²) in [5, 5.41) is 12.1. The highest BCUT2D eigenvalue weighted by Crippen LogP contribution is 2.34. The average molecular weight is 293 g/mol. The third-order valence-electron chi connectivity index (χ3n) is 3.64. The fraction of sp³-hybridized carbons (Fsp3) is 0.562. The molecule has 1 aromatic rings. The molecule has 0 radical (unpaired) electrons. The van der Waals surface area contributed by atoms with Gasteiger partial charge in [0.15, 0.2) is 0 Å². The van der Waals surface area contributed by atoms with E-state index in [4.69, 9.17) is 5.11 Å². The average Bonchev–Trinajstić information content (AvgIpc) is 3.29. The topological polar surface area (TPSA) is 49.3 Å². The number of thioether (sulfide) groups is 1. The van der Waals surface area contributed by atoms with Crippen LogP contribution in [0.3, 0.4) is 0 Å². The number of nitrogens with one attached hydrogen (secondary N) is 1. The summed E-state index contributed by atoms with van der Waals surface area (Å²) in [6.45, 7) is 2.28. The van der Waals surface area contributed by atoms with Gasteiger partial charge in [-0.3, -0.25) is 4.79 Å². The summed E-state index contributed by atoms with van der Waals surface area (Å²) in [6, 6.07) is 7.96. The molecule has 1 aromatic carbocycles. The van der Waals surface area contributed by atoms with Crippen molar-refractivity contribution in [2.24, 2.45) is 5.92 Å². The number of aliphatic hydroxyl groups excluding tert-OH is 1. The molecular weight excluding hydrogens is 270 g/mol. The molecule has 2 rings (SSSR count). The second-order valence-electron chi connectivity index (χ2n) is 5.26. The van der Waals surface area contributed by atoms with Crippen molar-refractivity contribution in [3.63, 3.8) is 0 Å². The van der Waals surface area contributed by atoms with Crippen molar-refractivity contribution in [2.75, 3.05) is 12.4 Å². The third-order valence-corrected chi connectivity index (χ3v) is 4.58. The van der Waals surface area contributed by atoms with Crippen molar-refractivity contribution < 1.29 is 9.90 Å². The highest BCUT2D eigenvalue weighted by atomic mass is 32.2. The minimum Gasteiger partial charge on any atom is -0.396 e. The lowest BCUT2D eigenvalue weighted by molar-refractivity contribution is 0.0924. The molecule has 4 heteroatoms. The summed E-state index contributed by atoms with van der Waals surface area (Å²) in [5.41, 5.74) is 1.96. The maximum Gasteiger partial charge on any atom is 0.251 e. The number of amides is 1. The number of carbonyl (C=O) groups is 1. The number of aliphatic hydroxyl groups is 1. The summed E-state index contributed by atoms with van der Waals surface area (Å²) in [6.07, 6.45) is 2.98. The number of carbonyl (C=O) groups excluding carboxylic acids is 1. The Labute approximate surface area is 125 Å². The summed E-state index contributed by atoms with van der Waals surface area (Å²) in [7, 11) is 0. The molecule has 3 nitrogen and oxygen atoms in total. The van der Waals surface area contributed by atoms with Gasteiger partial charge in [0.1, 0.15) is 0 Å². The van der Waals surface area contributed by atoms with Gasteiger partial charge in [-0.25, -0.2) is 0 Å². The van der Waals surface area contributed by atoms with E-state index in [1.165, 1.54) is 5.56 Å². The second kappa shape index (κ2) is 7.70. The van der Waals surface area contributed by atoms with Crippen molar-refractivity contribution in [2.45, 2.75) is 38.0 Å². The Morgan fingerprint density at radius 2 is 2.10 bits per heavy atom. The van der Waals surface area contributed by atoms with Crippen LogP contribution in [-0.2, 0) is 5.75 Å². The Kier molecular flexibility index (Phi) is 5.92. The van der Waals surface area contributed by atoms with Crippen molar-refractivity contribution >= 4 is 17.7 Å². The largest absolute Gasteiger partial charge is 0.396 e. The maximum absolute atomic E-state index is 12.2. The number of benzene rings is 1. The molecule has 0 heterocycles. The van der Waals surface area contributed by atoms with E-state index < -0.39 is 0 Å². The van der Waals surface area contributed by atoms with Crippen LogP contribution in [0, 0.1) is 5.92 Å². The van der Waals surface area contributed by atoms with Gasteiger partial charge in [0.25, 0.3) is 5.91 Å². The fourth-order valence-electron chi connectivity index (χ4n) is 2.29. The first-order valence-electron chi connectivity index (χ1n) is 7.33. The Bertz CT molecular complexity index is 429. The molecule has 110 valence electrons. The second-order valence-corrected chi connectivity index (χ2v) is 6.54. The van der Waals surface area contributed by atoms with Crippen molar-refractivity contribution in [3.05, 3.63) is 35.4 Å². The smallest absolute Gasteiger partial charge is 0.251 e. The van der Waals surface area contributed by atoms with E-state index in [1.54, 1.807) is 0 Å². The van der Waals surface area contributed by atoms with Crippen LogP contribution in [0.1, 0.15) is 42.1 Å². The lowest BCUT2D eigenvalue weighted by Crippen LogP contribution is -2.37. The van der Waals surface area contributed by atoms with E-state index >= 15 is 0 Å². The lowest BCUT2D eigenvalue weighted by Gasteiger charge is -2.17. The van der Waals surface area contributed by atoms with Crippen LogP contribution in [0.25, 0.3) is 0 Å². The predicted molar refractivity (Wildman–Crippen MR) is 84.0 cm³/mol. The number of hydrogen-bond acceptors (Lipinski definition) is 3. The summed E-state index contributed by atoms with van der Waals surface area (Å²) < 4.78 is 0. The molecular formula is C16H23NO2S. The van der Waals surface area contributed by atoms with Crippen LogP contribution in [0.4, 0.5) is 0 Å². The van der Waals surface area contributed by atoms with Gasteiger partial charge in [-0.05, 0) is 48.6 Å². The highest BCUT2D eigenvalue weighted by Gasteiger charge is 2.31. The molecule has 1 aliphatic carbocycles. The Balaban J connectivity index is 1.90. The van der Waals surface area contributed by atoms with E-state index in [9.17, 15) is 4.79 Å². The standard InChI is InChI=1S/C16H23NO2S/c1-2-20-11-12-3-5-14(6-4-12)16(19)17-15(9-10-18)13-7-8-13/h3-6,13,15,18H,2,7-11H2,1H3,(H,17,19). The Morgan fingerprint density at radius 3 is 2.65 bits per heavy atom. The van der Waals surface area contributed by atoms with Gasteiger partial charge in [0, 0.05) is 24.0 Å². The van der Waals surface area contributed by atoms with Crippen LogP contribution < -0.4 is 5.32 Å². The zero-order valence-electron chi connectivity index (χ0n) is 12.0. The predicted octanol–water partition coefficient (Wildman–Crippen LogP) is 2.83. The number of rotatable bonds is 8. The molecule has 0 saturated heterocycles. The van der Waals surface area contributed by atoms with Gasteiger partial charge in [-0.1, -0.05) is 19.1 Å². The molecule has 2 N–H and O–H groups in total. The van der Waals surface area contributed by atoms with Gasteiger partial charge in [0.2, 0.25) is 0 Å². The molecule has 0 bridgehead atoms. The van der Waals surface area contributed by atoms with Crippen LogP contribution in [0.5, 0.6) is 0 Å². The molecule has 0 aromatic heterocycles. The van der Waals surface area contributed by atoms with Crippen molar-refractivity contribution in [3.8, 4) is 0 Å². The first-order valence-corrected chi connectivity index (χ1v) is 8.48. The summed E-state index contributed by atoms with van der Waals surface area (Å²) in [4.78, 5) is 12.2. The van der Waals surface area contributed by atoms with Crippen LogP contribution >= 0.6 is 11.8 Å². The van der Waals surface area contributed by atoms with E-state index in [1.807, 2.05) is 36.0 Å². The minimum absolute atomic E-state index is 0.0231. The molecule has 1 unspecified atom stereocenters. The quantitative estimate of drug-likeness (QED) is 0.775. The maximum atomic E-state index is 12.2. The first kappa shape index (κ1) is 15.4. The molecule has 0 spiro atoms. The van der Waals surface area contributed by atoms with Crippen LogP contribution in [0.2, 0.25) is 0 Å². The van der Waals surface area contributed by atoms with Crippen LogP contribution in [0.15, 0.2) is 24.3 Å².